The predicted octanol–water partition coefficient (Wildman–Crippen LogP) is 1.19. The molecule has 0 amide bonds. The monoisotopic (exact) mass is 296 g/mol. The van der Waals surface area contributed by atoms with Gasteiger partial charge in [0.2, 0.25) is 10.0 Å². The summed E-state index contributed by atoms with van der Waals surface area (Å²) in [5.41, 5.74) is 0.679. The Morgan fingerprint density at radius 3 is 2.70 bits per heavy atom. The molecule has 0 atom stereocenters. The van der Waals surface area contributed by atoms with E-state index in [4.69, 9.17) is 5.11 Å². The summed E-state index contributed by atoms with van der Waals surface area (Å²) in [5, 5.41) is 9.13. The number of aromatic nitrogens is 1. The molecule has 0 bridgehead atoms. The largest absolute Gasteiger partial charge is 0.392 e. The van der Waals surface area contributed by atoms with Crippen molar-refractivity contribution in [3.63, 3.8) is 0 Å². The highest BCUT2D eigenvalue weighted by molar-refractivity contribution is 7.89. The van der Waals surface area contributed by atoms with Gasteiger partial charge in [-0.2, -0.15) is 0 Å². The molecule has 2 N–H and O–H groups in total. The number of hydrogen-bond acceptors (Lipinski definition) is 4. The lowest BCUT2D eigenvalue weighted by Crippen LogP contribution is -2.25. The van der Waals surface area contributed by atoms with Crippen LogP contribution in [0.4, 0.5) is 4.39 Å². The summed E-state index contributed by atoms with van der Waals surface area (Å²) in [5.74, 6) is -0.680. The standard InChI is InChI=1S/C13H13FN2O3S/c14-11-5-4-10(9-17)13(7-11)20(18,19)16-8-12-3-1-2-6-15-12/h1-7,16-17H,8-9H2. The number of aliphatic hydroxyl groups excluding tert-OH is 1. The number of halogens is 1. The lowest BCUT2D eigenvalue weighted by Gasteiger charge is -2.10. The van der Waals surface area contributed by atoms with Crippen LogP contribution in [0.1, 0.15) is 11.3 Å². The SMILES string of the molecule is O=S(=O)(NCc1ccccn1)c1cc(F)ccc1CO. The lowest BCUT2D eigenvalue weighted by atomic mass is 10.2. The maximum Gasteiger partial charge on any atom is 0.241 e. The summed E-state index contributed by atoms with van der Waals surface area (Å²) >= 11 is 0. The van der Waals surface area contributed by atoms with Gasteiger partial charge in [-0.1, -0.05) is 12.1 Å². The number of pyridine rings is 1. The third-order valence-electron chi connectivity index (χ3n) is 2.66. The van der Waals surface area contributed by atoms with E-state index in [2.05, 4.69) is 9.71 Å². The van der Waals surface area contributed by atoms with E-state index in [1.54, 1.807) is 24.4 Å². The van der Waals surface area contributed by atoms with Gasteiger partial charge >= 0.3 is 0 Å². The molecular weight excluding hydrogens is 283 g/mol. The third-order valence-corrected chi connectivity index (χ3v) is 4.14. The molecule has 20 heavy (non-hydrogen) atoms. The molecule has 0 fully saturated rings. The number of nitrogens with one attached hydrogen (secondary N) is 1. The highest BCUT2D eigenvalue weighted by atomic mass is 32.2. The van der Waals surface area contributed by atoms with Crippen LogP contribution in [0.5, 0.6) is 0 Å². The molecule has 1 aromatic carbocycles. The molecular formula is C13H13FN2O3S. The molecule has 0 saturated heterocycles. The minimum Gasteiger partial charge on any atom is -0.392 e. The van der Waals surface area contributed by atoms with Gasteiger partial charge in [0, 0.05) is 6.20 Å². The molecule has 7 heteroatoms. The van der Waals surface area contributed by atoms with E-state index in [1.807, 2.05) is 0 Å². The van der Waals surface area contributed by atoms with E-state index in [9.17, 15) is 12.8 Å². The molecule has 0 spiro atoms. The van der Waals surface area contributed by atoms with Crippen molar-refractivity contribution < 1.29 is 17.9 Å². The number of aliphatic hydroxyl groups is 1. The first kappa shape index (κ1) is 14.6. The molecule has 1 aromatic heterocycles. The Bertz CT molecular complexity index is 690. The number of benzene rings is 1. The van der Waals surface area contributed by atoms with E-state index >= 15 is 0 Å². The average Bonchev–Trinajstić information content (AvgIpc) is 2.46. The molecule has 5 nitrogen and oxygen atoms in total. The average molecular weight is 296 g/mol. The summed E-state index contributed by atoms with van der Waals surface area (Å²) < 4.78 is 39.8. The Balaban J connectivity index is 2.24. The van der Waals surface area contributed by atoms with Crippen molar-refractivity contribution in [1.29, 1.82) is 0 Å². The van der Waals surface area contributed by atoms with Crippen LogP contribution in [-0.4, -0.2) is 18.5 Å². The summed E-state index contributed by atoms with van der Waals surface area (Å²) in [6.45, 7) is -0.495. The normalized spacial score (nSPS) is 11.5. The Morgan fingerprint density at radius 2 is 2.05 bits per heavy atom. The van der Waals surface area contributed by atoms with E-state index in [0.717, 1.165) is 12.1 Å². The Labute approximate surface area is 116 Å². The van der Waals surface area contributed by atoms with Gasteiger partial charge in [-0.05, 0) is 29.8 Å². The first-order valence-corrected chi connectivity index (χ1v) is 7.30. The maximum absolute atomic E-state index is 13.2. The fourth-order valence-electron chi connectivity index (χ4n) is 1.66. The number of nitrogens with zero attached hydrogens (tertiary/aromatic N) is 1. The topological polar surface area (TPSA) is 79.3 Å². The van der Waals surface area contributed by atoms with Gasteiger partial charge in [0.25, 0.3) is 0 Å². The lowest BCUT2D eigenvalue weighted by molar-refractivity contribution is 0.278. The van der Waals surface area contributed by atoms with Crippen LogP contribution < -0.4 is 4.72 Å². The van der Waals surface area contributed by atoms with Crippen LogP contribution >= 0.6 is 0 Å². The fraction of sp³-hybridized carbons (Fsp3) is 0.154. The Hall–Kier alpha value is -1.83. The molecule has 0 aliphatic heterocycles. The van der Waals surface area contributed by atoms with Gasteiger partial charge in [0.1, 0.15) is 5.82 Å². The fourth-order valence-corrected chi connectivity index (χ4v) is 2.90. The second kappa shape index (κ2) is 6.08. The van der Waals surface area contributed by atoms with Crippen molar-refractivity contribution in [3.05, 3.63) is 59.7 Å². The second-order valence-corrected chi connectivity index (χ2v) is 5.79. The second-order valence-electron chi connectivity index (χ2n) is 4.06. The van der Waals surface area contributed by atoms with Crippen molar-refractivity contribution in [2.45, 2.75) is 18.0 Å². The number of hydrogen-bond donors (Lipinski definition) is 2. The van der Waals surface area contributed by atoms with E-state index in [0.29, 0.717) is 5.69 Å². The molecule has 0 aliphatic carbocycles. The zero-order chi connectivity index (χ0) is 14.6. The minimum atomic E-state index is -3.91. The quantitative estimate of drug-likeness (QED) is 0.868. The van der Waals surface area contributed by atoms with Gasteiger partial charge < -0.3 is 5.11 Å². The van der Waals surface area contributed by atoms with Gasteiger partial charge in [-0.15, -0.1) is 0 Å². The van der Waals surface area contributed by atoms with Gasteiger partial charge in [0.05, 0.1) is 23.7 Å². The molecule has 0 saturated carbocycles. The van der Waals surface area contributed by atoms with Crippen molar-refractivity contribution in [3.8, 4) is 0 Å². The molecule has 0 radical (unpaired) electrons. The number of sulfonamides is 1. The molecule has 1 heterocycles. The zero-order valence-electron chi connectivity index (χ0n) is 10.5. The number of rotatable bonds is 5. The van der Waals surface area contributed by atoms with E-state index < -0.39 is 22.4 Å². The van der Waals surface area contributed by atoms with Crippen LogP contribution in [0.15, 0.2) is 47.5 Å². The highest BCUT2D eigenvalue weighted by Gasteiger charge is 2.19. The maximum atomic E-state index is 13.2. The van der Waals surface area contributed by atoms with E-state index in [1.165, 1.54) is 6.07 Å². The first-order chi connectivity index (χ1) is 9.53. The van der Waals surface area contributed by atoms with Crippen LogP contribution in [0.25, 0.3) is 0 Å². The van der Waals surface area contributed by atoms with Gasteiger partial charge in [0.15, 0.2) is 0 Å². The van der Waals surface area contributed by atoms with Crippen molar-refractivity contribution in [2.24, 2.45) is 0 Å². The molecule has 0 aliphatic rings. The van der Waals surface area contributed by atoms with Crippen LogP contribution in [0.3, 0.4) is 0 Å². The minimum absolute atomic E-state index is 0.00937. The van der Waals surface area contributed by atoms with Crippen LogP contribution in [0.2, 0.25) is 0 Å². The molecule has 2 rings (SSSR count). The van der Waals surface area contributed by atoms with Gasteiger partial charge in [-0.25, -0.2) is 17.5 Å². The molecule has 106 valence electrons. The smallest absolute Gasteiger partial charge is 0.241 e. The van der Waals surface area contributed by atoms with Crippen molar-refractivity contribution in [2.75, 3.05) is 0 Å². The predicted molar refractivity (Wildman–Crippen MR) is 70.6 cm³/mol. The summed E-state index contributed by atoms with van der Waals surface area (Å²) in [6, 6.07) is 8.34. The van der Waals surface area contributed by atoms with Crippen LogP contribution in [0, 0.1) is 5.82 Å². The van der Waals surface area contributed by atoms with E-state index in [-0.39, 0.29) is 17.0 Å². The Morgan fingerprint density at radius 1 is 1.25 bits per heavy atom. The van der Waals surface area contributed by atoms with Crippen molar-refractivity contribution >= 4 is 10.0 Å². The van der Waals surface area contributed by atoms with Crippen molar-refractivity contribution in [1.82, 2.24) is 9.71 Å². The molecule has 0 unspecified atom stereocenters. The van der Waals surface area contributed by atoms with Gasteiger partial charge in [-0.3, -0.25) is 4.98 Å². The summed E-state index contributed by atoms with van der Waals surface area (Å²) in [4.78, 5) is 3.72. The summed E-state index contributed by atoms with van der Waals surface area (Å²) in [6.07, 6.45) is 1.55. The zero-order valence-corrected chi connectivity index (χ0v) is 11.3. The first-order valence-electron chi connectivity index (χ1n) is 5.82. The highest BCUT2D eigenvalue weighted by Crippen LogP contribution is 2.17. The Kier molecular flexibility index (Phi) is 4.43. The van der Waals surface area contributed by atoms with Crippen LogP contribution in [-0.2, 0) is 23.2 Å². The third kappa shape index (κ3) is 3.38. The summed E-state index contributed by atoms with van der Waals surface area (Å²) in [7, 11) is -3.91. The molecule has 2 aromatic rings.